The van der Waals surface area contributed by atoms with E-state index in [1.54, 1.807) is 29.2 Å². The quantitative estimate of drug-likeness (QED) is 0.544. The molecule has 2 fully saturated rings. The van der Waals surface area contributed by atoms with E-state index in [1.165, 1.54) is 12.1 Å². The van der Waals surface area contributed by atoms with E-state index in [0.717, 1.165) is 12.3 Å². The average Bonchev–Trinajstić information content (AvgIpc) is 3.48. The van der Waals surface area contributed by atoms with Gasteiger partial charge < -0.3 is 14.3 Å². The van der Waals surface area contributed by atoms with Gasteiger partial charge in [0.25, 0.3) is 0 Å². The van der Waals surface area contributed by atoms with Gasteiger partial charge >= 0.3 is 6.18 Å². The summed E-state index contributed by atoms with van der Waals surface area (Å²) < 4.78 is 57.7. The highest BCUT2D eigenvalue weighted by molar-refractivity contribution is 5.91. The van der Waals surface area contributed by atoms with Gasteiger partial charge in [0.2, 0.25) is 5.91 Å². The van der Waals surface area contributed by atoms with Crippen LogP contribution in [0.5, 0.6) is 0 Å². The number of amides is 1. The van der Waals surface area contributed by atoms with Crippen molar-refractivity contribution in [3.8, 4) is 11.3 Å². The maximum atomic E-state index is 14.1. The number of piperazine rings is 1. The second kappa shape index (κ2) is 7.86. The standard InChI is InChI=1S/C23H20F4N4O2/c24-17-4-2-1-3-16(17)18-13-19(29-33-18)22(7-8-22)21(32)31-11-9-30(10-12-31)20-6-5-15(14-28-20)23(25,26)27/h1-6,13-14H,7-12H2. The van der Waals surface area contributed by atoms with Crippen LogP contribution in [0, 0.1) is 5.82 Å². The number of anilines is 1. The number of hydrogen-bond acceptors (Lipinski definition) is 5. The summed E-state index contributed by atoms with van der Waals surface area (Å²) in [7, 11) is 0. The fraction of sp³-hybridized carbons (Fsp3) is 0.348. The molecule has 0 radical (unpaired) electrons. The Morgan fingerprint density at radius 1 is 1.03 bits per heavy atom. The van der Waals surface area contributed by atoms with E-state index in [-0.39, 0.29) is 17.2 Å². The van der Waals surface area contributed by atoms with E-state index in [0.29, 0.717) is 50.5 Å². The first kappa shape index (κ1) is 21.4. The number of benzene rings is 1. The van der Waals surface area contributed by atoms with E-state index < -0.39 is 23.0 Å². The van der Waals surface area contributed by atoms with Crippen molar-refractivity contribution < 1.29 is 26.9 Å². The van der Waals surface area contributed by atoms with Crippen LogP contribution in [0.3, 0.4) is 0 Å². The number of pyridine rings is 1. The Morgan fingerprint density at radius 2 is 1.76 bits per heavy atom. The molecule has 10 heteroatoms. The summed E-state index contributed by atoms with van der Waals surface area (Å²) in [6.07, 6.45) is -2.34. The maximum Gasteiger partial charge on any atom is 0.417 e. The van der Waals surface area contributed by atoms with E-state index in [4.69, 9.17) is 4.52 Å². The van der Waals surface area contributed by atoms with Gasteiger partial charge in [0.1, 0.15) is 11.6 Å². The van der Waals surface area contributed by atoms with E-state index in [2.05, 4.69) is 10.1 Å². The van der Waals surface area contributed by atoms with E-state index in [1.807, 2.05) is 4.90 Å². The summed E-state index contributed by atoms with van der Waals surface area (Å²) in [6.45, 7) is 1.75. The monoisotopic (exact) mass is 460 g/mol. The van der Waals surface area contributed by atoms with Crippen molar-refractivity contribution in [2.75, 3.05) is 31.1 Å². The van der Waals surface area contributed by atoms with Crippen LogP contribution in [0.15, 0.2) is 53.2 Å². The molecule has 3 aromatic rings. The first-order chi connectivity index (χ1) is 15.8. The molecule has 6 nitrogen and oxygen atoms in total. The van der Waals surface area contributed by atoms with Crippen molar-refractivity contribution in [3.05, 3.63) is 65.7 Å². The predicted molar refractivity (Wildman–Crippen MR) is 111 cm³/mol. The summed E-state index contributed by atoms with van der Waals surface area (Å²) in [5, 5.41) is 4.07. The highest BCUT2D eigenvalue weighted by atomic mass is 19.4. The number of nitrogens with zero attached hydrogens (tertiary/aromatic N) is 4. The molecule has 1 saturated heterocycles. The molecule has 0 spiro atoms. The largest absolute Gasteiger partial charge is 0.417 e. The zero-order chi connectivity index (χ0) is 23.2. The molecule has 3 heterocycles. The van der Waals surface area contributed by atoms with Crippen LogP contribution in [-0.2, 0) is 16.4 Å². The molecule has 1 saturated carbocycles. The number of rotatable bonds is 4. The summed E-state index contributed by atoms with van der Waals surface area (Å²) in [5.74, 6) is 0.239. The molecule has 0 bridgehead atoms. The molecule has 2 aliphatic rings. The smallest absolute Gasteiger partial charge is 0.356 e. The zero-order valence-electron chi connectivity index (χ0n) is 17.5. The number of alkyl halides is 3. The fourth-order valence-corrected chi connectivity index (χ4v) is 4.18. The molecule has 33 heavy (non-hydrogen) atoms. The van der Waals surface area contributed by atoms with Crippen LogP contribution >= 0.6 is 0 Å². The number of hydrogen-bond donors (Lipinski definition) is 0. The van der Waals surface area contributed by atoms with Crippen molar-refractivity contribution in [2.24, 2.45) is 0 Å². The Labute approximate surface area is 186 Å². The van der Waals surface area contributed by atoms with Crippen LogP contribution in [0.25, 0.3) is 11.3 Å². The van der Waals surface area contributed by atoms with Gasteiger partial charge in [0.15, 0.2) is 5.76 Å². The molecule has 0 unspecified atom stereocenters. The zero-order valence-corrected chi connectivity index (χ0v) is 17.5. The Balaban J connectivity index is 1.25. The SMILES string of the molecule is O=C(N1CCN(c2ccc(C(F)(F)F)cn2)CC1)C1(c2cc(-c3ccccc3F)on2)CC1. The van der Waals surface area contributed by atoms with Crippen LogP contribution < -0.4 is 4.90 Å². The van der Waals surface area contributed by atoms with Crippen LogP contribution in [0.2, 0.25) is 0 Å². The molecule has 1 amide bonds. The van der Waals surface area contributed by atoms with Gasteiger partial charge in [-0.3, -0.25) is 4.79 Å². The topological polar surface area (TPSA) is 62.5 Å². The lowest BCUT2D eigenvalue weighted by Crippen LogP contribution is -2.51. The van der Waals surface area contributed by atoms with Crippen molar-refractivity contribution in [1.29, 1.82) is 0 Å². The van der Waals surface area contributed by atoms with Crippen LogP contribution in [0.1, 0.15) is 24.1 Å². The van der Waals surface area contributed by atoms with Gasteiger partial charge in [-0.15, -0.1) is 0 Å². The molecule has 0 atom stereocenters. The van der Waals surface area contributed by atoms with Crippen molar-refractivity contribution >= 4 is 11.7 Å². The average molecular weight is 460 g/mol. The first-order valence-electron chi connectivity index (χ1n) is 10.6. The highest BCUT2D eigenvalue weighted by Gasteiger charge is 2.55. The summed E-state index contributed by atoms with van der Waals surface area (Å²) >= 11 is 0. The van der Waals surface area contributed by atoms with Crippen molar-refractivity contribution in [1.82, 2.24) is 15.0 Å². The minimum atomic E-state index is -4.43. The van der Waals surface area contributed by atoms with E-state index >= 15 is 0 Å². The van der Waals surface area contributed by atoms with Crippen LogP contribution in [0.4, 0.5) is 23.4 Å². The third-order valence-electron chi connectivity index (χ3n) is 6.27. The predicted octanol–water partition coefficient (Wildman–Crippen LogP) is 4.27. The number of halogens is 4. The molecule has 0 N–H and O–H groups in total. The highest BCUT2D eigenvalue weighted by Crippen LogP contribution is 2.50. The number of carbonyl (C=O) groups excluding carboxylic acids is 1. The molecule has 1 aliphatic heterocycles. The van der Waals surface area contributed by atoms with Gasteiger partial charge in [-0.2, -0.15) is 13.2 Å². The molecular weight excluding hydrogens is 440 g/mol. The molecule has 5 rings (SSSR count). The lowest BCUT2D eigenvalue weighted by atomic mass is 9.99. The normalized spacial score (nSPS) is 17.8. The Bertz CT molecular complexity index is 1160. The summed E-state index contributed by atoms with van der Waals surface area (Å²) in [5.41, 5.74) is -0.769. The number of carbonyl (C=O) groups is 1. The Morgan fingerprint density at radius 3 is 2.36 bits per heavy atom. The van der Waals surface area contributed by atoms with Crippen molar-refractivity contribution in [3.63, 3.8) is 0 Å². The van der Waals surface area contributed by atoms with Gasteiger partial charge in [0.05, 0.1) is 22.2 Å². The van der Waals surface area contributed by atoms with Gasteiger partial charge in [-0.1, -0.05) is 17.3 Å². The lowest BCUT2D eigenvalue weighted by Gasteiger charge is -2.37. The third-order valence-corrected chi connectivity index (χ3v) is 6.27. The molecule has 1 aromatic carbocycles. The van der Waals surface area contributed by atoms with Gasteiger partial charge in [-0.25, -0.2) is 9.37 Å². The summed E-state index contributed by atoms with van der Waals surface area (Å²) in [6, 6.07) is 10.2. The maximum absolute atomic E-state index is 14.1. The second-order valence-corrected chi connectivity index (χ2v) is 8.32. The van der Waals surface area contributed by atoms with E-state index in [9.17, 15) is 22.4 Å². The van der Waals surface area contributed by atoms with Gasteiger partial charge in [0, 0.05) is 38.4 Å². The van der Waals surface area contributed by atoms with Crippen LogP contribution in [-0.4, -0.2) is 47.1 Å². The molecule has 172 valence electrons. The molecule has 1 aliphatic carbocycles. The second-order valence-electron chi connectivity index (χ2n) is 8.32. The molecular formula is C23H20F4N4O2. The lowest BCUT2D eigenvalue weighted by molar-refractivity contribution is -0.138. The molecule has 2 aromatic heterocycles. The third kappa shape index (κ3) is 3.94. The first-order valence-corrected chi connectivity index (χ1v) is 10.6. The summed E-state index contributed by atoms with van der Waals surface area (Å²) in [4.78, 5) is 20.8. The minimum Gasteiger partial charge on any atom is -0.356 e. The van der Waals surface area contributed by atoms with Gasteiger partial charge in [-0.05, 0) is 37.1 Å². The minimum absolute atomic E-state index is 0.0593. The Kier molecular flexibility index (Phi) is 5.10. The van der Waals surface area contributed by atoms with Crippen molar-refractivity contribution in [2.45, 2.75) is 24.4 Å². The Hall–Kier alpha value is -3.43. The fourth-order valence-electron chi connectivity index (χ4n) is 4.18. The number of aromatic nitrogens is 2.